The zero-order chi connectivity index (χ0) is 18.0. The Kier molecular flexibility index (Phi) is 4.94. The van der Waals surface area contributed by atoms with Gasteiger partial charge in [0.1, 0.15) is 11.9 Å². The van der Waals surface area contributed by atoms with Crippen LogP contribution in [0, 0.1) is 6.92 Å². The Morgan fingerprint density at radius 3 is 2.72 bits per heavy atom. The Balaban J connectivity index is 1.64. The number of rotatable bonds is 4. The molecule has 0 aromatic heterocycles. The van der Waals surface area contributed by atoms with Gasteiger partial charge in [0, 0.05) is 10.2 Å². The summed E-state index contributed by atoms with van der Waals surface area (Å²) >= 11 is 3.35. The molecule has 0 saturated heterocycles. The molecule has 0 spiro atoms. The largest absolute Gasteiger partial charge is 0.484 e. The van der Waals surface area contributed by atoms with Gasteiger partial charge in [-0.2, -0.15) is 0 Å². The van der Waals surface area contributed by atoms with Crippen LogP contribution in [0.2, 0.25) is 0 Å². The molecule has 130 valence electrons. The van der Waals surface area contributed by atoms with Crippen molar-refractivity contribution in [3.63, 3.8) is 0 Å². The Morgan fingerprint density at radius 1 is 1.28 bits per heavy atom. The summed E-state index contributed by atoms with van der Waals surface area (Å²) < 4.78 is 6.24. The third-order valence-corrected chi connectivity index (χ3v) is 4.31. The first kappa shape index (κ1) is 17.3. The van der Waals surface area contributed by atoms with Crippen molar-refractivity contribution in [3.8, 4) is 5.75 Å². The molecule has 25 heavy (non-hydrogen) atoms. The molecular weight excluding hydrogens is 386 g/mol. The topological polar surface area (TPSA) is 70.7 Å². The molecule has 1 heterocycles. The number of amides is 2. The molecule has 1 aliphatic rings. The maximum atomic E-state index is 12.6. The van der Waals surface area contributed by atoms with Crippen LogP contribution in [0.5, 0.6) is 5.75 Å². The lowest BCUT2D eigenvalue weighted by atomic mass is 10.1. The minimum Gasteiger partial charge on any atom is -0.484 e. The number of carbonyl (C=O) groups excluding carboxylic acids is 2. The molecular formula is C18H18BrN3O3. The summed E-state index contributed by atoms with van der Waals surface area (Å²) in [6.07, 6.45) is -0.371. The lowest BCUT2D eigenvalue weighted by molar-refractivity contribution is -0.127. The van der Waals surface area contributed by atoms with Crippen LogP contribution in [0.1, 0.15) is 22.8 Å². The summed E-state index contributed by atoms with van der Waals surface area (Å²) in [5, 5.41) is 4.46. The molecule has 2 aromatic rings. The van der Waals surface area contributed by atoms with Gasteiger partial charge in [0.25, 0.3) is 11.8 Å². The van der Waals surface area contributed by atoms with Gasteiger partial charge in [-0.1, -0.05) is 33.6 Å². The van der Waals surface area contributed by atoms with E-state index in [4.69, 9.17) is 4.74 Å². The summed E-state index contributed by atoms with van der Waals surface area (Å²) in [7, 11) is 0. The van der Waals surface area contributed by atoms with Crippen molar-refractivity contribution in [2.75, 3.05) is 11.9 Å². The molecule has 1 atom stereocenters. The first-order chi connectivity index (χ1) is 11.9. The Hall–Kier alpha value is -2.54. The predicted molar refractivity (Wildman–Crippen MR) is 98.2 cm³/mol. The summed E-state index contributed by atoms with van der Waals surface area (Å²) in [5.74, 6) is -0.0709. The van der Waals surface area contributed by atoms with E-state index in [1.807, 2.05) is 31.2 Å². The second kappa shape index (κ2) is 7.14. The van der Waals surface area contributed by atoms with Crippen LogP contribution in [-0.4, -0.2) is 29.6 Å². The van der Waals surface area contributed by atoms with E-state index in [-0.39, 0.29) is 18.7 Å². The molecule has 0 aliphatic carbocycles. The average Bonchev–Trinajstić information content (AvgIpc) is 2.59. The van der Waals surface area contributed by atoms with E-state index in [1.54, 1.807) is 25.1 Å². The number of hydrazine groups is 1. The van der Waals surface area contributed by atoms with Gasteiger partial charge in [0.05, 0.1) is 5.56 Å². The monoisotopic (exact) mass is 403 g/mol. The normalized spacial score (nSPS) is 16.0. The Labute approximate surface area is 154 Å². The number of ether oxygens (including phenoxy) is 1. The van der Waals surface area contributed by atoms with Crippen LogP contribution in [0.25, 0.3) is 0 Å². The van der Waals surface area contributed by atoms with Crippen molar-refractivity contribution in [3.05, 3.63) is 58.1 Å². The van der Waals surface area contributed by atoms with E-state index >= 15 is 0 Å². The van der Waals surface area contributed by atoms with Gasteiger partial charge in [0.2, 0.25) is 0 Å². The number of nitrogens with one attached hydrogen (secondary N) is 2. The van der Waals surface area contributed by atoms with E-state index in [1.165, 1.54) is 5.01 Å². The number of fused-ring (bicyclic) bond motifs is 1. The number of hydrogen-bond donors (Lipinski definition) is 2. The van der Waals surface area contributed by atoms with Gasteiger partial charge < -0.3 is 10.1 Å². The average molecular weight is 404 g/mol. The fraction of sp³-hybridized carbons (Fsp3) is 0.222. The van der Waals surface area contributed by atoms with Crippen molar-refractivity contribution in [1.29, 1.82) is 0 Å². The van der Waals surface area contributed by atoms with Crippen molar-refractivity contribution in [2.45, 2.75) is 20.0 Å². The molecule has 1 unspecified atom stereocenters. The van der Waals surface area contributed by atoms with E-state index in [2.05, 4.69) is 26.7 Å². The molecule has 6 nitrogen and oxygen atoms in total. The predicted octanol–water partition coefficient (Wildman–Crippen LogP) is 3.08. The molecule has 2 N–H and O–H groups in total. The lowest BCUT2D eigenvalue weighted by Gasteiger charge is -2.35. The van der Waals surface area contributed by atoms with Crippen LogP contribution in [-0.2, 0) is 4.79 Å². The SMILES string of the molecule is Cc1ccc(OCC(=O)NN2C(=O)c3cc(Br)ccc3NC2C)cc1. The molecule has 7 heteroatoms. The molecule has 2 aromatic carbocycles. The van der Waals surface area contributed by atoms with E-state index < -0.39 is 5.91 Å². The lowest BCUT2D eigenvalue weighted by Crippen LogP contribution is -2.57. The molecule has 2 amide bonds. The first-order valence-corrected chi connectivity index (χ1v) is 8.62. The summed E-state index contributed by atoms with van der Waals surface area (Å²) in [5.41, 5.74) is 4.94. The van der Waals surface area contributed by atoms with Crippen molar-refractivity contribution in [2.24, 2.45) is 0 Å². The number of nitrogens with zero attached hydrogens (tertiary/aromatic N) is 1. The van der Waals surface area contributed by atoms with Crippen LogP contribution in [0.15, 0.2) is 46.9 Å². The minimum absolute atomic E-state index is 0.176. The maximum absolute atomic E-state index is 12.6. The molecule has 3 rings (SSSR count). The Bertz CT molecular complexity index is 808. The van der Waals surface area contributed by atoms with Gasteiger partial charge in [-0.25, -0.2) is 5.01 Å². The van der Waals surface area contributed by atoms with Crippen LogP contribution >= 0.6 is 15.9 Å². The number of aryl methyl sites for hydroxylation is 1. The highest BCUT2D eigenvalue weighted by Crippen LogP contribution is 2.27. The highest BCUT2D eigenvalue weighted by Gasteiger charge is 2.30. The number of carbonyl (C=O) groups is 2. The maximum Gasteiger partial charge on any atom is 0.276 e. The molecule has 0 saturated carbocycles. The van der Waals surface area contributed by atoms with Crippen molar-refractivity contribution < 1.29 is 14.3 Å². The molecule has 1 aliphatic heterocycles. The first-order valence-electron chi connectivity index (χ1n) is 7.82. The molecule has 0 bridgehead atoms. The van der Waals surface area contributed by atoms with Crippen molar-refractivity contribution in [1.82, 2.24) is 10.4 Å². The van der Waals surface area contributed by atoms with E-state index in [0.29, 0.717) is 11.3 Å². The van der Waals surface area contributed by atoms with Gasteiger partial charge in [-0.3, -0.25) is 15.0 Å². The molecule has 0 radical (unpaired) electrons. The summed E-state index contributed by atoms with van der Waals surface area (Å²) in [6, 6.07) is 12.8. The highest BCUT2D eigenvalue weighted by molar-refractivity contribution is 9.10. The standard InChI is InChI=1S/C18H18BrN3O3/c1-11-3-6-14(7-4-11)25-10-17(23)21-22-12(2)20-16-8-5-13(19)9-15(16)18(22)24/h3-9,12,20H,10H2,1-2H3,(H,21,23). The van der Waals surface area contributed by atoms with Crippen molar-refractivity contribution >= 4 is 33.4 Å². The van der Waals surface area contributed by atoms with Crippen LogP contribution in [0.4, 0.5) is 5.69 Å². The highest BCUT2D eigenvalue weighted by atomic mass is 79.9. The fourth-order valence-corrected chi connectivity index (χ4v) is 2.87. The zero-order valence-corrected chi connectivity index (χ0v) is 15.5. The fourth-order valence-electron chi connectivity index (χ4n) is 2.51. The van der Waals surface area contributed by atoms with Gasteiger partial charge in [0.15, 0.2) is 6.61 Å². The number of benzene rings is 2. The number of anilines is 1. The Morgan fingerprint density at radius 2 is 2.00 bits per heavy atom. The van der Waals surface area contributed by atoms with Gasteiger partial charge in [-0.15, -0.1) is 0 Å². The second-order valence-electron chi connectivity index (χ2n) is 5.82. The van der Waals surface area contributed by atoms with Gasteiger partial charge >= 0.3 is 0 Å². The van der Waals surface area contributed by atoms with E-state index in [0.717, 1.165) is 15.7 Å². The smallest absolute Gasteiger partial charge is 0.276 e. The van der Waals surface area contributed by atoms with Crippen LogP contribution in [0.3, 0.4) is 0 Å². The zero-order valence-electron chi connectivity index (χ0n) is 13.9. The molecule has 0 fully saturated rings. The van der Waals surface area contributed by atoms with Gasteiger partial charge in [-0.05, 0) is 44.2 Å². The third kappa shape index (κ3) is 3.93. The number of halogens is 1. The summed E-state index contributed by atoms with van der Waals surface area (Å²) in [4.78, 5) is 24.8. The minimum atomic E-state index is -0.402. The second-order valence-corrected chi connectivity index (χ2v) is 6.74. The van der Waals surface area contributed by atoms with E-state index in [9.17, 15) is 9.59 Å². The van der Waals surface area contributed by atoms with Crippen LogP contribution < -0.4 is 15.5 Å². The third-order valence-electron chi connectivity index (χ3n) is 3.82. The number of hydrogen-bond acceptors (Lipinski definition) is 4. The quantitative estimate of drug-likeness (QED) is 0.822. The summed E-state index contributed by atoms with van der Waals surface area (Å²) in [6.45, 7) is 3.60.